The van der Waals surface area contributed by atoms with Crippen LogP contribution < -0.4 is 26.1 Å². The molecule has 0 spiro atoms. The summed E-state index contributed by atoms with van der Waals surface area (Å²) in [6.07, 6.45) is 0. The Morgan fingerprint density at radius 2 is 2.08 bits per heavy atom. The van der Waals surface area contributed by atoms with Gasteiger partial charge in [-0.25, -0.2) is 10.8 Å². The van der Waals surface area contributed by atoms with Gasteiger partial charge in [-0.1, -0.05) is 29.5 Å². The van der Waals surface area contributed by atoms with Crippen LogP contribution in [0.2, 0.25) is 0 Å². The molecule has 0 fully saturated rings. The second kappa shape index (κ2) is 7.16. The van der Waals surface area contributed by atoms with Gasteiger partial charge in [0.15, 0.2) is 11.7 Å². The molecule has 0 aliphatic heterocycles. The number of rotatable bonds is 6. The van der Waals surface area contributed by atoms with E-state index < -0.39 is 0 Å². The first kappa shape index (κ1) is 16.0. The summed E-state index contributed by atoms with van der Waals surface area (Å²) in [6, 6.07) is 12.7. The molecule has 0 saturated carbocycles. The van der Waals surface area contributed by atoms with Gasteiger partial charge in [-0.15, -0.1) is 0 Å². The van der Waals surface area contributed by atoms with E-state index in [2.05, 4.69) is 15.7 Å². The smallest absolute Gasteiger partial charge is 0.262 e. The Balaban J connectivity index is 1.73. The van der Waals surface area contributed by atoms with Crippen LogP contribution >= 0.6 is 11.3 Å². The molecule has 0 saturated heterocycles. The predicted octanol–water partition coefficient (Wildman–Crippen LogP) is 2.61. The number of nitrogen functional groups attached to an aromatic ring is 1. The van der Waals surface area contributed by atoms with Crippen LogP contribution in [-0.2, 0) is 4.79 Å². The molecule has 0 aliphatic carbocycles. The van der Waals surface area contributed by atoms with Crippen molar-refractivity contribution in [3.8, 4) is 11.5 Å². The minimum absolute atomic E-state index is 0.0807. The summed E-state index contributed by atoms with van der Waals surface area (Å²) < 4.78 is 11.6. The fourth-order valence-corrected chi connectivity index (χ4v) is 2.98. The highest BCUT2D eigenvalue weighted by Crippen LogP contribution is 2.35. The maximum Gasteiger partial charge on any atom is 0.262 e. The van der Waals surface area contributed by atoms with E-state index in [4.69, 9.17) is 15.3 Å². The molecule has 0 unspecified atom stereocenters. The van der Waals surface area contributed by atoms with E-state index in [9.17, 15) is 4.79 Å². The lowest BCUT2D eigenvalue weighted by Gasteiger charge is -2.09. The van der Waals surface area contributed by atoms with Gasteiger partial charge in [0, 0.05) is 11.8 Å². The first-order valence-electron chi connectivity index (χ1n) is 7.12. The zero-order valence-electron chi connectivity index (χ0n) is 12.9. The van der Waals surface area contributed by atoms with E-state index in [0.29, 0.717) is 27.8 Å². The van der Waals surface area contributed by atoms with Crippen molar-refractivity contribution in [2.24, 2.45) is 5.84 Å². The molecule has 1 amide bonds. The third-order valence-electron chi connectivity index (χ3n) is 3.20. The fourth-order valence-electron chi connectivity index (χ4n) is 2.15. The number of hydrogen-bond donors (Lipinski definition) is 3. The molecule has 24 heavy (non-hydrogen) atoms. The molecule has 0 bridgehead atoms. The number of nitrogens with one attached hydrogen (secondary N) is 2. The van der Waals surface area contributed by atoms with Gasteiger partial charge >= 0.3 is 0 Å². The molecule has 0 aliphatic rings. The van der Waals surface area contributed by atoms with Crippen LogP contribution in [0.1, 0.15) is 0 Å². The monoisotopic (exact) mass is 344 g/mol. The highest BCUT2D eigenvalue weighted by atomic mass is 32.1. The summed E-state index contributed by atoms with van der Waals surface area (Å²) in [5.41, 5.74) is 3.80. The van der Waals surface area contributed by atoms with Gasteiger partial charge in [0.2, 0.25) is 0 Å². The summed E-state index contributed by atoms with van der Waals surface area (Å²) in [6.45, 7) is -0.0807. The zero-order chi connectivity index (χ0) is 16.9. The third-order valence-corrected chi connectivity index (χ3v) is 4.13. The number of fused-ring (bicyclic) bond motifs is 1. The third kappa shape index (κ3) is 3.55. The van der Waals surface area contributed by atoms with Crippen molar-refractivity contribution < 1.29 is 14.3 Å². The van der Waals surface area contributed by atoms with Crippen LogP contribution in [0.3, 0.4) is 0 Å². The van der Waals surface area contributed by atoms with Crippen LogP contribution in [-0.4, -0.2) is 24.6 Å². The van der Waals surface area contributed by atoms with Crippen LogP contribution in [0.25, 0.3) is 10.2 Å². The number of thiazole rings is 1. The van der Waals surface area contributed by atoms with Crippen LogP contribution in [0, 0.1) is 0 Å². The number of amides is 1. The molecule has 1 heterocycles. The van der Waals surface area contributed by atoms with Gasteiger partial charge in [-0.2, -0.15) is 0 Å². The molecule has 2 aromatic carbocycles. The van der Waals surface area contributed by atoms with Crippen molar-refractivity contribution in [1.29, 1.82) is 0 Å². The Morgan fingerprint density at radius 3 is 2.79 bits per heavy atom. The number of nitrogens with two attached hydrogens (primary N) is 1. The number of carbonyl (C=O) groups excluding carboxylic acids is 1. The number of benzene rings is 2. The van der Waals surface area contributed by atoms with Crippen molar-refractivity contribution in [2.75, 3.05) is 24.5 Å². The summed E-state index contributed by atoms with van der Waals surface area (Å²) in [5, 5.41) is 3.36. The number of nitrogens with zero attached hydrogens (tertiary/aromatic N) is 1. The van der Waals surface area contributed by atoms with E-state index in [0.717, 1.165) is 4.70 Å². The van der Waals surface area contributed by atoms with Gasteiger partial charge in [0.05, 0.1) is 11.8 Å². The van der Waals surface area contributed by atoms with Crippen molar-refractivity contribution in [3.63, 3.8) is 0 Å². The second-order valence-corrected chi connectivity index (χ2v) is 5.87. The van der Waals surface area contributed by atoms with E-state index in [1.54, 1.807) is 25.3 Å². The summed E-state index contributed by atoms with van der Waals surface area (Å²) in [5.74, 6) is 6.33. The lowest BCUT2D eigenvalue weighted by Crippen LogP contribution is -2.20. The highest BCUT2D eigenvalue weighted by Gasteiger charge is 2.12. The number of methoxy groups -OCH3 is 1. The van der Waals surface area contributed by atoms with Crippen LogP contribution in [0.15, 0.2) is 42.5 Å². The molecular formula is C16H16N4O3S. The number of ether oxygens (including phenoxy) is 2. The average Bonchev–Trinajstić information content (AvgIpc) is 3.03. The molecule has 0 atom stereocenters. The molecule has 7 nitrogen and oxygen atoms in total. The number of hydrogen-bond acceptors (Lipinski definition) is 7. The predicted molar refractivity (Wildman–Crippen MR) is 94.5 cm³/mol. The van der Waals surface area contributed by atoms with E-state index in [1.807, 2.05) is 24.3 Å². The second-order valence-electron chi connectivity index (χ2n) is 4.84. The molecule has 8 heteroatoms. The Morgan fingerprint density at radius 1 is 1.29 bits per heavy atom. The molecule has 0 radical (unpaired) electrons. The van der Waals surface area contributed by atoms with E-state index >= 15 is 0 Å². The highest BCUT2D eigenvalue weighted by molar-refractivity contribution is 7.22. The van der Waals surface area contributed by atoms with Gasteiger partial charge in [-0.3, -0.25) is 10.2 Å². The Kier molecular flexibility index (Phi) is 4.78. The number of carbonyl (C=O) groups is 1. The van der Waals surface area contributed by atoms with Crippen LogP contribution in [0.4, 0.5) is 10.8 Å². The maximum atomic E-state index is 12.1. The van der Waals surface area contributed by atoms with Gasteiger partial charge < -0.3 is 14.8 Å². The van der Waals surface area contributed by atoms with Crippen molar-refractivity contribution >= 4 is 38.3 Å². The van der Waals surface area contributed by atoms with E-state index in [-0.39, 0.29) is 12.5 Å². The molecule has 4 N–H and O–H groups in total. The Hall–Kier alpha value is -2.84. The lowest BCUT2D eigenvalue weighted by atomic mass is 10.2. The summed E-state index contributed by atoms with van der Waals surface area (Å²) in [7, 11) is 1.55. The molecule has 3 rings (SSSR count). The number of aromatic nitrogens is 1. The average molecular weight is 344 g/mol. The summed E-state index contributed by atoms with van der Waals surface area (Å²) in [4.78, 5) is 16.4. The lowest BCUT2D eigenvalue weighted by molar-refractivity contribution is -0.118. The Labute approximate surface area is 142 Å². The first-order valence-corrected chi connectivity index (χ1v) is 7.94. The summed E-state index contributed by atoms with van der Waals surface area (Å²) >= 11 is 1.37. The largest absolute Gasteiger partial charge is 0.494 e. The standard InChI is InChI=1S/C16H16N4O3S/c1-22-12-7-10(8-13-15(12)19-16(20-17)24-13)18-14(21)9-23-11-5-3-2-4-6-11/h2-8H,9,17H2,1H3,(H,18,21)(H,19,20). The maximum absolute atomic E-state index is 12.1. The molecular weight excluding hydrogens is 328 g/mol. The number of para-hydroxylation sites is 1. The Bertz CT molecular complexity index is 851. The van der Waals surface area contributed by atoms with Crippen LogP contribution in [0.5, 0.6) is 11.5 Å². The molecule has 3 aromatic rings. The van der Waals surface area contributed by atoms with Crippen molar-refractivity contribution in [1.82, 2.24) is 4.98 Å². The first-order chi connectivity index (χ1) is 11.7. The minimum Gasteiger partial charge on any atom is -0.494 e. The number of hydrazine groups is 1. The minimum atomic E-state index is -0.262. The van der Waals surface area contributed by atoms with E-state index in [1.165, 1.54) is 11.3 Å². The SMILES string of the molecule is COc1cc(NC(=O)COc2ccccc2)cc2sc(NN)nc12. The van der Waals surface area contributed by atoms with Gasteiger partial charge in [0.25, 0.3) is 5.91 Å². The van der Waals surface area contributed by atoms with Gasteiger partial charge in [0.1, 0.15) is 17.0 Å². The fraction of sp³-hybridized carbons (Fsp3) is 0.125. The normalized spacial score (nSPS) is 10.4. The van der Waals surface area contributed by atoms with Crippen molar-refractivity contribution in [3.05, 3.63) is 42.5 Å². The molecule has 1 aromatic heterocycles. The number of anilines is 2. The van der Waals surface area contributed by atoms with Gasteiger partial charge in [-0.05, 0) is 18.2 Å². The topological polar surface area (TPSA) is 98.5 Å². The van der Waals surface area contributed by atoms with Crippen molar-refractivity contribution in [2.45, 2.75) is 0 Å². The quantitative estimate of drug-likeness (QED) is 0.470. The zero-order valence-corrected chi connectivity index (χ0v) is 13.7. The molecule has 124 valence electrons.